The highest BCUT2D eigenvalue weighted by molar-refractivity contribution is 7.92. The number of aromatic amines is 1. The van der Waals surface area contributed by atoms with Crippen molar-refractivity contribution in [3.8, 4) is 11.4 Å². The SMILES string of the molecule is Cc1cc(C)nc(NS(=O)(=O)c2ccc(NC(=O)COC(=O)c3ccc4nc(-c5cccnc5)[nH]c4c3)cc2)n1. The predicted octanol–water partition coefficient (Wildman–Crippen LogP) is 3.63. The molecule has 0 aliphatic carbocycles. The average Bonchev–Trinajstić information content (AvgIpc) is 3.35. The minimum absolute atomic E-state index is 0.0303. The first-order valence-corrected chi connectivity index (χ1v) is 13.5. The van der Waals surface area contributed by atoms with Crippen molar-refractivity contribution in [2.24, 2.45) is 0 Å². The Labute approximate surface area is 228 Å². The van der Waals surface area contributed by atoms with E-state index in [1.165, 1.54) is 24.3 Å². The van der Waals surface area contributed by atoms with Crippen LogP contribution in [0.3, 0.4) is 0 Å². The summed E-state index contributed by atoms with van der Waals surface area (Å²) in [5.41, 5.74) is 3.92. The Balaban J connectivity index is 1.17. The van der Waals surface area contributed by atoms with Gasteiger partial charge in [-0.05, 0) is 74.5 Å². The number of hydrogen-bond donors (Lipinski definition) is 3. The molecule has 0 unspecified atom stereocenters. The van der Waals surface area contributed by atoms with Gasteiger partial charge in [0.25, 0.3) is 15.9 Å². The van der Waals surface area contributed by atoms with Gasteiger partial charge in [0.15, 0.2) is 6.61 Å². The van der Waals surface area contributed by atoms with Crippen molar-refractivity contribution in [3.05, 3.63) is 90.0 Å². The van der Waals surface area contributed by atoms with Gasteiger partial charge < -0.3 is 15.0 Å². The van der Waals surface area contributed by atoms with Gasteiger partial charge in [0, 0.05) is 35.0 Å². The number of fused-ring (bicyclic) bond motifs is 1. The molecular formula is C27H23N7O5S. The molecule has 202 valence electrons. The molecule has 3 aromatic heterocycles. The maximum absolute atomic E-state index is 12.7. The quantitative estimate of drug-likeness (QED) is 0.241. The number of hydrogen-bond acceptors (Lipinski definition) is 9. The lowest BCUT2D eigenvalue weighted by molar-refractivity contribution is -0.119. The molecule has 0 fully saturated rings. The van der Waals surface area contributed by atoms with Crippen LogP contribution in [0.5, 0.6) is 0 Å². The van der Waals surface area contributed by atoms with Crippen molar-refractivity contribution < 1.29 is 22.7 Å². The molecule has 5 rings (SSSR count). The standard InChI is InChI=1S/C27H23N7O5S/c1-16-12-17(2)30-27(29-16)34-40(37,38)21-8-6-20(7-9-21)31-24(35)15-39-26(36)18-5-10-22-23(13-18)33-25(32-22)19-4-3-11-28-14-19/h3-14H,15H2,1-2H3,(H,31,35)(H,32,33)(H,29,30,34). The molecule has 0 radical (unpaired) electrons. The van der Waals surface area contributed by atoms with Crippen molar-refractivity contribution in [3.63, 3.8) is 0 Å². The fourth-order valence-electron chi connectivity index (χ4n) is 3.86. The van der Waals surface area contributed by atoms with E-state index in [1.807, 2.05) is 6.07 Å². The number of aryl methyl sites for hydroxylation is 2. The zero-order valence-corrected chi connectivity index (χ0v) is 22.2. The van der Waals surface area contributed by atoms with Crippen molar-refractivity contribution in [1.29, 1.82) is 0 Å². The number of H-pyrrole nitrogens is 1. The van der Waals surface area contributed by atoms with Crippen molar-refractivity contribution >= 4 is 44.6 Å². The summed E-state index contributed by atoms with van der Waals surface area (Å²) in [5, 5.41) is 2.56. The lowest BCUT2D eigenvalue weighted by Gasteiger charge is -2.10. The topological polar surface area (TPSA) is 169 Å². The molecule has 0 atom stereocenters. The number of benzene rings is 2. The number of sulfonamides is 1. The largest absolute Gasteiger partial charge is 0.452 e. The second-order valence-corrected chi connectivity index (χ2v) is 10.5. The number of imidazole rings is 1. The van der Waals surface area contributed by atoms with E-state index in [2.05, 4.69) is 35.0 Å². The molecule has 3 heterocycles. The highest BCUT2D eigenvalue weighted by Gasteiger charge is 2.17. The molecule has 0 spiro atoms. The van der Waals surface area contributed by atoms with E-state index in [0.717, 1.165) is 5.56 Å². The van der Waals surface area contributed by atoms with Gasteiger partial charge >= 0.3 is 5.97 Å². The number of ether oxygens (including phenoxy) is 1. The van der Waals surface area contributed by atoms with Gasteiger partial charge in [0.2, 0.25) is 5.95 Å². The van der Waals surface area contributed by atoms with Gasteiger partial charge in [0.05, 0.1) is 21.5 Å². The Kier molecular flexibility index (Phi) is 7.21. The van der Waals surface area contributed by atoms with E-state index in [-0.39, 0.29) is 16.4 Å². The molecule has 1 amide bonds. The van der Waals surface area contributed by atoms with Crippen molar-refractivity contribution in [2.45, 2.75) is 18.7 Å². The molecule has 12 nitrogen and oxygen atoms in total. The Morgan fingerprint density at radius 3 is 2.40 bits per heavy atom. The van der Waals surface area contributed by atoms with E-state index in [4.69, 9.17) is 4.74 Å². The van der Waals surface area contributed by atoms with E-state index in [1.54, 1.807) is 56.6 Å². The third kappa shape index (κ3) is 6.10. The number of rotatable bonds is 8. The maximum Gasteiger partial charge on any atom is 0.338 e. The van der Waals surface area contributed by atoms with E-state index < -0.39 is 28.5 Å². The third-order valence-electron chi connectivity index (χ3n) is 5.64. The van der Waals surface area contributed by atoms with Crippen molar-refractivity contribution in [1.82, 2.24) is 24.9 Å². The van der Waals surface area contributed by atoms with Crippen LogP contribution in [0.15, 0.2) is 78.0 Å². The smallest absolute Gasteiger partial charge is 0.338 e. The number of carbonyl (C=O) groups excluding carboxylic acids is 2. The van der Waals surface area contributed by atoms with E-state index in [0.29, 0.717) is 33.9 Å². The summed E-state index contributed by atoms with van der Waals surface area (Å²) in [5.74, 6) is -0.693. The number of nitrogens with one attached hydrogen (secondary N) is 3. The molecule has 0 aliphatic heterocycles. The first-order valence-electron chi connectivity index (χ1n) is 12.0. The maximum atomic E-state index is 12.7. The van der Waals surface area contributed by atoms with Crippen LogP contribution in [0.1, 0.15) is 21.7 Å². The average molecular weight is 558 g/mol. The van der Waals surface area contributed by atoms with Gasteiger partial charge in [-0.2, -0.15) is 0 Å². The highest BCUT2D eigenvalue weighted by Crippen LogP contribution is 2.21. The number of pyridine rings is 1. The van der Waals surface area contributed by atoms with Crippen molar-refractivity contribution in [2.75, 3.05) is 16.6 Å². The summed E-state index contributed by atoms with van der Waals surface area (Å²) >= 11 is 0. The first-order chi connectivity index (χ1) is 19.2. The van der Waals surface area contributed by atoms with E-state index in [9.17, 15) is 18.0 Å². The van der Waals surface area contributed by atoms with Gasteiger partial charge in [0.1, 0.15) is 5.82 Å². The summed E-state index contributed by atoms with van der Waals surface area (Å²) in [4.78, 5) is 44.7. The Morgan fingerprint density at radius 2 is 1.70 bits per heavy atom. The summed E-state index contributed by atoms with van der Waals surface area (Å²) in [6.45, 7) is 2.93. The van der Waals surface area contributed by atoms with Gasteiger partial charge in [-0.3, -0.25) is 9.78 Å². The number of nitrogens with zero attached hydrogens (tertiary/aromatic N) is 4. The molecule has 2 aromatic carbocycles. The number of amides is 1. The minimum Gasteiger partial charge on any atom is -0.452 e. The fraction of sp³-hybridized carbons (Fsp3) is 0.111. The third-order valence-corrected chi connectivity index (χ3v) is 6.99. The lowest BCUT2D eigenvalue weighted by Crippen LogP contribution is -2.21. The van der Waals surface area contributed by atoms with Crippen LogP contribution >= 0.6 is 0 Å². The monoisotopic (exact) mass is 557 g/mol. The normalized spacial score (nSPS) is 11.2. The number of anilines is 2. The highest BCUT2D eigenvalue weighted by atomic mass is 32.2. The van der Waals surface area contributed by atoms with Crippen LogP contribution in [0.25, 0.3) is 22.4 Å². The van der Waals surface area contributed by atoms with Crippen LogP contribution in [0, 0.1) is 13.8 Å². The molecular weight excluding hydrogens is 534 g/mol. The summed E-state index contributed by atoms with van der Waals surface area (Å²) in [6.07, 6.45) is 3.34. The molecule has 5 aromatic rings. The summed E-state index contributed by atoms with van der Waals surface area (Å²) < 4.78 is 32.9. The second kappa shape index (κ2) is 10.9. The van der Waals surface area contributed by atoms with Crippen LogP contribution in [0.4, 0.5) is 11.6 Å². The molecule has 40 heavy (non-hydrogen) atoms. The Morgan fingerprint density at radius 1 is 0.950 bits per heavy atom. The number of aromatic nitrogens is 5. The second-order valence-electron chi connectivity index (χ2n) is 8.79. The Bertz CT molecular complexity index is 1800. The van der Waals surface area contributed by atoms with Crippen LogP contribution in [-0.4, -0.2) is 51.8 Å². The summed E-state index contributed by atoms with van der Waals surface area (Å²) in [6, 6.07) is 15.7. The van der Waals surface area contributed by atoms with Gasteiger partial charge in [-0.25, -0.2) is 32.9 Å². The minimum atomic E-state index is -3.94. The van der Waals surface area contributed by atoms with Crippen LogP contribution in [-0.2, 0) is 19.6 Å². The zero-order valence-electron chi connectivity index (χ0n) is 21.4. The molecule has 0 saturated carbocycles. The lowest BCUT2D eigenvalue weighted by atomic mass is 10.2. The number of esters is 1. The summed E-state index contributed by atoms with van der Waals surface area (Å²) in [7, 11) is -3.94. The van der Waals surface area contributed by atoms with E-state index >= 15 is 0 Å². The molecule has 13 heteroatoms. The zero-order chi connectivity index (χ0) is 28.3. The van der Waals surface area contributed by atoms with Gasteiger partial charge in [-0.1, -0.05) is 0 Å². The molecule has 3 N–H and O–H groups in total. The number of carbonyl (C=O) groups is 2. The van der Waals surface area contributed by atoms with Gasteiger partial charge in [-0.15, -0.1) is 0 Å². The molecule has 0 saturated heterocycles. The van der Waals surface area contributed by atoms with Crippen LogP contribution < -0.4 is 10.0 Å². The molecule has 0 bridgehead atoms. The first kappa shape index (κ1) is 26.4. The van der Waals surface area contributed by atoms with Crippen LogP contribution in [0.2, 0.25) is 0 Å². The Hall–Kier alpha value is -5.17. The fourth-order valence-corrected chi connectivity index (χ4v) is 4.80. The molecule has 0 aliphatic rings. The predicted molar refractivity (Wildman–Crippen MR) is 147 cm³/mol.